The van der Waals surface area contributed by atoms with Crippen molar-refractivity contribution < 1.29 is 4.92 Å². The molecule has 0 bridgehead atoms. The molecule has 1 aromatic heterocycles. The Hall–Kier alpha value is -1.66. The van der Waals surface area contributed by atoms with E-state index in [-0.39, 0.29) is 17.6 Å². The number of nitro benzene ring substituents is 1. The highest BCUT2D eigenvalue weighted by molar-refractivity contribution is 6.30. The summed E-state index contributed by atoms with van der Waals surface area (Å²) in [5.74, 6) is 0. The predicted octanol–water partition coefficient (Wildman–Crippen LogP) is 3.58. The molecule has 1 atom stereocenters. The topological polar surface area (TPSA) is 73.8 Å². The minimum absolute atomic E-state index is 0.00404. The lowest BCUT2D eigenvalue weighted by Gasteiger charge is -2.03. The van der Waals surface area contributed by atoms with E-state index in [4.69, 9.17) is 23.2 Å². The maximum Gasteiger partial charge on any atom is 0.274 e. The first-order valence-corrected chi connectivity index (χ1v) is 6.79. The molecule has 0 saturated carbocycles. The molecule has 0 spiro atoms. The molecule has 0 aliphatic carbocycles. The number of aromatic nitrogens is 3. The van der Waals surface area contributed by atoms with Crippen molar-refractivity contribution in [2.24, 2.45) is 0 Å². The summed E-state index contributed by atoms with van der Waals surface area (Å²) in [6, 6.07) is 4.42. The first-order valence-electron chi connectivity index (χ1n) is 5.98. The van der Waals surface area contributed by atoms with Gasteiger partial charge in [0.15, 0.2) is 0 Å². The van der Waals surface area contributed by atoms with Gasteiger partial charge in [-0.2, -0.15) is 0 Å². The smallest absolute Gasteiger partial charge is 0.258 e. The first-order chi connectivity index (χ1) is 9.51. The molecule has 0 aliphatic heterocycles. The zero-order valence-electron chi connectivity index (χ0n) is 10.7. The van der Waals surface area contributed by atoms with Crippen LogP contribution in [0.3, 0.4) is 0 Å². The van der Waals surface area contributed by atoms with Crippen molar-refractivity contribution in [2.75, 3.05) is 0 Å². The van der Waals surface area contributed by atoms with E-state index in [0.717, 1.165) is 6.42 Å². The Balaban J connectivity index is 2.27. The van der Waals surface area contributed by atoms with Crippen LogP contribution in [0.25, 0.3) is 0 Å². The maximum absolute atomic E-state index is 11.0. The second-order valence-electron chi connectivity index (χ2n) is 4.25. The van der Waals surface area contributed by atoms with Gasteiger partial charge < -0.3 is 0 Å². The van der Waals surface area contributed by atoms with Crippen LogP contribution in [0.15, 0.2) is 24.4 Å². The molecule has 8 heteroatoms. The predicted molar refractivity (Wildman–Crippen MR) is 76.1 cm³/mol. The molecule has 2 rings (SSSR count). The third-order valence-electron chi connectivity index (χ3n) is 2.81. The normalized spacial score (nSPS) is 12.3. The van der Waals surface area contributed by atoms with E-state index in [2.05, 4.69) is 10.3 Å². The maximum atomic E-state index is 11.0. The van der Waals surface area contributed by atoms with Crippen molar-refractivity contribution >= 4 is 28.9 Å². The Morgan fingerprint density at radius 3 is 2.90 bits per heavy atom. The Labute approximate surface area is 125 Å². The fraction of sp³-hybridized carbons (Fsp3) is 0.333. The van der Waals surface area contributed by atoms with Crippen molar-refractivity contribution in [1.82, 2.24) is 15.0 Å². The first kappa shape index (κ1) is 14.7. The Kier molecular flexibility index (Phi) is 4.57. The summed E-state index contributed by atoms with van der Waals surface area (Å²) >= 11 is 11.9. The van der Waals surface area contributed by atoms with Gasteiger partial charge in [0, 0.05) is 11.1 Å². The highest BCUT2D eigenvalue weighted by Crippen LogP contribution is 2.25. The number of nitro groups is 1. The second kappa shape index (κ2) is 6.19. The van der Waals surface area contributed by atoms with Gasteiger partial charge in [-0.3, -0.25) is 10.1 Å². The van der Waals surface area contributed by atoms with Crippen molar-refractivity contribution in [3.8, 4) is 0 Å². The highest BCUT2D eigenvalue weighted by atomic mass is 35.5. The van der Waals surface area contributed by atoms with Gasteiger partial charge in [-0.15, -0.1) is 16.7 Å². The van der Waals surface area contributed by atoms with Crippen LogP contribution in [0.4, 0.5) is 5.69 Å². The largest absolute Gasteiger partial charge is 0.274 e. The summed E-state index contributed by atoms with van der Waals surface area (Å²) in [5.41, 5.74) is 1.13. The van der Waals surface area contributed by atoms with E-state index in [1.54, 1.807) is 12.3 Å². The number of alkyl halides is 1. The third-order valence-corrected chi connectivity index (χ3v) is 3.57. The molecule has 0 radical (unpaired) electrons. The Bertz CT molecular complexity index is 630. The molecule has 0 fully saturated rings. The van der Waals surface area contributed by atoms with Gasteiger partial charge in [0.2, 0.25) is 0 Å². The van der Waals surface area contributed by atoms with Crippen LogP contribution in [0.5, 0.6) is 0 Å². The standard InChI is InChI=1S/C12H12Cl2N4O2/c1-2-10(14)11-7-17(16-15-11)6-8-5-9(13)3-4-12(8)18(19)20/h3-5,7,10H,2,6H2,1H3. The Morgan fingerprint density at radius 1 is 1.50 bits per heavy atom. The number of hydrogen-bond donors (Lipinski definition) is 0. The van der Waals surface area contributed by atoms with Gasteiger partial charge in [-0.05, 0) is 18.6 Å². The quantitative estimate of drug-likeness (QED) is 0.480. The molecule has 0 N–H and O–H groups in total. The molecule has 6 nitrogen and oxygen atoms in total. The molecular formula is C12H12Cl2N4O2. The lowest BCUT2D eigenvalue weighted by molar-refractivity contribution is -0.385. The molecule has 1 heterocycles. The van der Waals surface area contributed by atoms with E-state index < -0.39 is 4.92 Å². The third kappa shape index (κ3) is 3.26. The summed E-state index contributed by atoms with van der Waals surface area (Å²) in [6.07, 6.45) is 2.42. The van der Waals surface area contributed by atoms with Crippen LogP contribution in [0.1, 0.15) is 30.0 Å². The number of benzene rings is 1. The summed E-state index contributed by atoms with van der Waals surface area (Å²) in [5, 5.41) is 19.1. The van der Waals surface area contributed by atoms with Gasteiger partial charge in [0.1, 0.15) is 5.69 Å². The summed E-state index contributed by atoms with van der Waals surface area (Å²) in [6.45, 7) is 2.16. The molecule has 2 aromatic rings. The van der Waals surface area contributed by atoms with Crippen LogP contribution in [-0.2, 0) is 6.54 Å². The van der Waals surface area contributed by atoms with Crippen LogP contribution in [0, 0.1) is 10.1 Å². The van der Waals surface area contributed by atoms with Crippen molar-refractivity contribution in [3.63, 3.8) is 0 Å². The van der Waals surface area contributed by atoms with Crippen molar-refractivity contribution in [1.29, 1.82) is 0 Å². The molecule has 0 aliphatic rings. The lowest BCUT2D eigenvalue weighted by atomic mass is 10.2. The van der Waals surface area contributed by atoms with Gasteiger partial charge in [0.25, 0.3) is 5.69 Å². The number of rotatable bonds is 5. The number of halogens is 2. The minimum atomic E-state index is -0.445. The van der Waals surface area contributed by atoms with Crippen molar-refractivity contribution in [2.45, 2.75) is 25.3 Å². The van der Waals surface area contributed by atoms with E-state index in [0.29, 0.717) is 16.3 Å². The highest BCUT2D eigenvalue weighted by Gasteiger charge is 2.16. The van der Waals surface area contributed by atoms with Gasteiger partial charge in [0.05, 0.1) is 28.6 Å². The fourth-order valence-corrected chi connectivity index (χ4v) is 2.07. The zero-order valence-corrected chi connectivity index (χ0v) is 12.2. The van der Waals surface area contributed by atoms with Gasteiger partial charge >= 0.3 is 0 Å². The lowest BCUT2D eigenvalue weighted by Crippen LogP contribution is -2.04. The summed E-state index contributed by atoms with van der Waals surface area (Å²) in [7, 11) is 0. The Morgan fingerprint density at radius 2 is 2.25 bits per heavy atom. The van der Waals surface area contributed by atoms with Crippen LogP contribution in [0.2, 0.25) is 5.02 Å². The molecular weight excluding hydrogens is 303 g/mol. The van der Waals surface area contributed by atoms with E-state index in [9.17, 15) is 10.1 Å². The summed E-state index contributed by atoms with van der Waals surface area (Å²) in [4.78, 5) is 10.5. The van der Waals surface area contributed by atoms with E-state index >= 15 is 0 Å². The van der Waals surface area contributed by atoms with Gasteiger partial charge in [-0.25, -0.2) is 4.68 Å². The average Bonchev–Trinajstić information content (AvgIpc) is 2.86. The fourth-order valence-electron chi connectivity index (χ4n) is 1.78. The van der Waals surface area contributed by atoms with Gasteiger partial charge in [-0.1, -0.05) is 23.7 Å². The zero-order chi connectivity index (χ0) is 14.7. The molecule has 0 saturated heterocycles. The molecule has 106 valence electrons. The summed E-state index contributed by atoms with van der Waals surface area (Å²) < 4.78 is 1.51. The second-order valence-corrected chi connectivity index (χ2v) is 5.21. The van der Waals surface area contributed by atoms with Crippen LogP contribution < -0.4 is 0 Å². The molecule has 20 heavy (non-hydrogen) atoms. The molecule has 1 unspecified atom stereocenters. The molecule has 0 amide bonds. The van der Waals surface area contributed by atoms with E-state index in [1.165, 1.54) is 16.8 Å². The average molecular weight is 315 g/mol. The van der Waals surface area contributed by atoms with Crippen LogP contribution >= 0.6 is 23.2 Å². The molecule has 1 aromatic carbocycles. The van der Waals surface area contributed by atoms with Crippen molar-refractivity contribution in [3.05, 3.63) is 50.8 Å². The number of hydrogen-bond acceptors (Lipinski definition) is 4. The monoisotopic (exact) mass is 314 g/mol. The number of nitrogens with zero attached hydrogens (tertiary/aromatic N) is 4. The minimum Gasteiger partial charge on any atom is -0.258 e. The van der Waals surface area contributed by atoms with Crippen LogP contribution in [-0.4, -0.2) is 19.9 Å². The van der Waals surface area contributed by atoms with E-state index in [1.807, 2.05) is 6.92 Å². The SMILES string of the molecule is CCC(Cl)c1cn(Cc2cc(Cl)ccc2[N+](=O)[O-])nn1.